The predicted molar refractivity (Wildman–Crippen MR) is 76.6 cm³/mol. The summed E-state index contributed by atoms with van der Waals surface area (Å²) in [4.78, 5) is 6.84. The number of rotatable bonds is 5. The number of pyridine rings is 1. The number of aromatic nitrogens is 1. The second-order valence-electron chi connectivity index (χ2n) is 5.69. The van der Waals surface area contributed by atoms with E-state index in [-0.39, 0.29) is 0 Å². The second-order valence-corrected chi connectivity index (χ2v) is 5.69. The Morgan fingerprint density at radius 3 is 2.72 bits per heavy atom. The van der Waals surface area contributed by atoms with Gasteiger partial charge >= 0.3 is 0 Å². The molecule has 0 atom stereocenters. The van der Waals surface area contributed by atoms with E-state index in [1.165, 1.54) is 36.9 Å². The summed E-state index contributed by atoms with van der Waals surface area (Å²) < 4.78 is 0. The first-order chi connectivity index (χ1) is 8.72. The minimum atomic E-state index is 0.596. The monoisotopic (exact) mass is 247 g/mol. The molecule has 1 aliphatic carbocycles. The Bertz CT molecular complexity index is 370. The number of hydrogen-bond donors (Lipinski definition) is 1. The standard InChI is InChI=1S/C15H25N3/c1-12(2)11-18(14-5-3-4-6-14)15-10-17-8-7-13(15)9-16/h7-8,10,12,14H,3-6,9,11,16H2,1-2H3. The van der Waals surface area contributed by atoms with Crippen LogP contribution in [0.2, 0.25) is 0 Å². The van der Waals surface area contributed by atoms with Crippen molar-refractivity contribution in [3.63, 3.8) is 0 Å². The van der Waals surface area contributed by atoms with Crippen molar-refractivity contribution in [2.45, 2.75) is 52.1 Å². The van der Waals surface area contributed by atoms with Crippen molar-refractivity contribution < 1.29 is 0 Å². The van der Waals surface area contributed by atoms with Crippen LogP contribution in [-0.4, -0.2) is 17.6 Å². The van der Waals surface area contributed by atoms with Gasteiger partial charge in [0.2, 0.25) is 0 Å². The van der Waals surface area contributed by atoms with Crippen LogP contribution in [0.15, 0.2) is 18.5 Å². The van der Waals surface area contributed by atoms with Gasteiger partial charge in [0.15, 0.2) is 0 Å². The van der Waals surface area contributed by atoms with Gasteiger partial charge in [-0.2, -0.15) is 0 Å². The highest BCUT2D eigenvalue weighted by atomic mass is 15.2. The molecule has 100 valence electrons. The molecule has 0 unspecified atom stereocenters. The Kier molecular flexibility index (Phi) is 4.59. The lowest BCUT2D eigenvalue weighted by atomic mass is 10.1. The fraction of sp³-hybridized carbons (Fsp3) is 0.667. The first kappa shape index (κ1) is 13.3. The molecule has 3 heteroatoms. The number of nitrogens with two attached hydrogens (primary N) is 1. The molecule has 1 fully saturated rings. The van der Waals surface area contributed by atoms with E-state index >= 15 is 0 Å². The quantitative estimate of drug-likeness (QED) is 0.870. The van der Waals surface area contributed by atoms with E-state index in [1.54, 1.807) is 0 Å². The van der Waals surface area contributed by atoms with Gasteiger partial charge in [0.1, 0.15) is 0 Å². The van der Waals surface area contributed by atoms with Crippen molar-refractivity contribution in [3.8, 4) is 0 Å². The maximum absolute atomic E-state index is 5.86. The van der Waals surface area contributed by atoms with E-state index < -0.39 is 0 Å². The molecule has 18 heavy (non-hydrogen) atoms. The first-order valence-corrected chi connectivity index (χ1v) is 7.12. The van der Waals surface area contributed by atoms with Crippen molar-refractivity contribution in [1.82, 2.24) is 4.98 Å². The van der Waals surface area contributed by atoms with E-state index in [0.29, 0.717) is 18.5 Å². The highest BCUT2D eigenvalue weighted by Gasteiger charge is 2.24. The summed E-state index contributed by atoms with van der Waals surface area (Å²) in [6.07, 6.45) is 9.17. The summed E-state index contributed by atoms with van der Waals surface area (Å²) in [5.74, 6) is 0.663. The third-order valence-electron chi connectivity index (χ3n) is 3.74. The number of nitrogens with zero attached hydrogens (tertiary/aromatic N) is 2. The molecule has 1 aliphatic rings. The lowest BCUT2D eigenvalue weighted by Gasteiger charge is -2.33. The largest absolute Gasteiger partial charge is 0.367 e. The number of anilines is 1. The minimum Gasteiger partial charge on any atom is -0.367 e. The molecule has 0 amide bonds. The Labute approximate surface area is 110 Å². The molecule has 1 aromatic rings. The van der Waals surface area contributed by atoms with Crippen LogP contribution < -0.4 is 10.6 Å². The lowest BCUT2D eigenvalue weighted by molar-refractivity contribution is 0.534. The van der Waals surface area contributed by atoms with Crippen molar-refractivity contribution in [2.24, 2.45) is 11.7 Å². The summed E-state index contributed by atoms with van der Waals surface area (Å²) in [5, 5.41) is 0. The SMILES string of the molecule is CC(C)CN(c1cnccc1CN)C1CCCC1. The summed E-state index contributed by atoms with van der Waals surface area (Å²) in [6.45, 7) is 6.25. The van der Waals surface area contributed by atoms with E-state index in [9.17, 15) is 0 Å². The zero-order chi connectivity index (χ0) is 13.0. The molecule has 1 saturated carbocycles. The van der Waals surface area contributed by atoms with Gasteiger partial charge in [-0.1, -0.05) is 26.7 Å². The van der Waals surface area contributed by atoms with Gasteiger partial charge in [-0.15, -0.1) is 0 Å². The fourth-order valence-corrected chi connectivity index (χ4v) is 2.90. The van der Waals surface area contributed by atoms with Gasteiger partial charge in [0.25, 0.3) is 0 Å². The molecule has 1 heterocycles. The minimum absolute atomic E-state index is 0.596. The molecule has 0 saturated heterocycles. The Hall–Kier alpha value is -1.09. The summed E-state index contributed by atoms with van der Waals surface area (Å²) in [7, 11) is 0. The Balaban J connectivity index is 2.26. The molecule has 2 rings (SSSR count). The second kappa shape index (κ2) is 6.19. The highest BCUT2D eigenvalue weighted by molar-refractivity contribution is 5.52. The van der Waals surface area contributed by atoms with E-state index in [1.807, 2.05) is 12.4 Å². The van der Waals surface area contributed by atoms with Crippen molar-refractivity contribution in [3.05, 3.63) is 24.0 Å². The van der Waals surface area contributed by atoms with Gasteiger partial charge in [0, 0.05) is 25.3 Å². The van der Waals surface area contributed by atoms with Crippen LogP contribution in [0.3, 0.4) is 0 Å². The molecule has 0 aliphatic heterocycles. The summed E-state index contributed by atoms with van der Waals surface area (Å²) in [5.41, 5.74) is 8.33. The van der Waals surface area contributed by atoms with E-state index in [4.69, 9.17) is 5.73 Å². The van der Waals surface area contributed by atoms with Crippen LogP contribution in [0.4, 0.5) is 5.69 Å². The maximum Gasteiger partial charge on any atom is 0.0600 e. The molecule has 2 N–H and O–H groups in total. The summed E-state index contributed by atoms with van der Waals surface area (Å²) >= 11 is 0. The van der Waals surface area contributed by atoms with Crippen LogP contribution in [0, 0.1) is 5.92 Å². The Morgan fingerprint density at radius 2 is 2.11 bits per heavy atom. The molecular formula is C15H25N3. The zero-order valence-corrected chi connectivity index (χ0v) is 11.6. The van der Waals surface area contributed by atoms with E-state index in [2.05, 4.69) is 29.8 Å². The van der Waals surface area contributed by atoms with Gasteiger partial charge < -0.3 is 10.6 Å². The lowest BCUT2D eigenvalue weighted by Crippen LogP contribution is -2.37. The van der Waals surface area contributed by atoms with Crippen LogP contribution in [-0.2, 0) is 6.54 Å². The van der Waals surface area contributed by atoms with Gasteiger partial charge in [0.05, 0.1) is 11.9 Å². The van der Waals surface area contributed by atoms with Crippen LogP contribution in [0.1, 0.15) is 45.1 Å². The van der Waals surface area contributed by atoms with Gasteiger partial charge in [-0.05, 0) is 30.4 Å². The smallest absolute Gasteiger partial charge is 0.0600 e. The van der Waals surface area contributed by atoms with Crippen LogP contribution >= 0.6 is 0 Å². The molecule has 1 aromatic heterocycles. The van der Waals surface area contributed by atoms with Crippen molar-refractivity contribution in [2.75, 3.05) is 11.4 Å². The normalized spacial score (nSPS) is 16.4. The Morgan fingerprint density at radius 1 is 1.39 bits per heavy atom. The molecule has 0 radical (unpaired) electrons. The van der Waals surface area contributed by atoms with Crippen molar-refractivity contribution >= 4 is 5.69 Å². The molecule has 0 bridgehead atoms. The third-order valence-corrected chi connectivity index (χ3v) is 3.74. The fourth-order valence-electron chi connectivity index (χ4n) is 2.90. The highest BCUT2D eigenvalue weighted by Crippen LogP contribution is 2.30. The first-order valence-electron chi connectivity index (χ1n) is 7.12. The predicted octanol–water partition coefficient (Wildman–Crippen LogP) is 2.95. The number of hydrogen-bond acceptors (Lipinski definition) is 3. The maximum atomic E-state index is 5.86. The molecule has 0 spiro atoms. The summed E-state index contributed by atoms with van der Waals surface area (Å²) in [6, 6.07) is 2.74. The zero-order valence-electron chi connectivity index (χ0n) is 11.6. The third kappa shape index (κ3) is 3.02. The molecule has 3 nitrogen and oxygen atoms in total. The molecular weight excluding hydrogens is 222 g/mol. The average molecular weight is 247 g/mol. The van der Waals surface area contributed by atoms with Crippen LogP contribution in [0.5, 0.6) is 0 Å². The van der Waals surface area contributed by atoms with E-state index in [0.717, 1.165) is 6.54 Å². The van der Waals surface area contributed by atoms with Crippen molar-refractivity contribution in [1.29, 1.82) is 0 Å². The average Bonchev–Trinajstić information content (AvgIpc) is 2.89. The molecule has 0 aromatic carbocycles. The topological polar surface area (TPSA) is 42.2 Å². The van der Waals surface area contributed by atoms with Crippen LogP contribution in [0.25, 0.3) is 0 Å². The van der Waals surface area contributed by atoms with Gasteiger partial charge in [-0.25, -0.2) is 0 Å². The van der Waals surface area contributed by atoms with Gasteiger partial charge in [-0.3, -0.25) is 4.98 Å².